The molecule has 1 aromatic carbocycles. The Morgan fingerprint density at radius 1 is 0.936 bits per heavy atom. The van der Waals surface area contributed by atoms with Gasteiger partial charge in [-0.15, -0.1) is 0 Å². The van der Waals surface area contributed by atoms with Crippen molar-refractivity contribution in [1.82, 2.24) is 25.3 Å². The van der Waals surface area contributed by atoms with Crippen LogP contribution in [-0.4, -0.2) is 100 Å². The molecule has 2 saturated heterocycles. The molecular formula is C37H59N5O5. The van der Waals surface area contributed by atoms with Gasteiger partial charge in [0, 0.05) is 25.2 Å². The molecule has 2 aliphatic heterocycles. The third-order valence-electron chi connectivity index (χ3n) is 9.66. The molecule has 0 radical (unpaired) electrons. The number of carbonyl (C=O) groups excluding carboxylic acids is 4. The molecule has 4 amide bonds. The summed E-state index contributed by atoms with van der Waals surface area (Å²) < 4.78 is 0. The highest BCUT2D eigenvalue weighted by molar-refractivity contribution is 5.97. The van der Waals surface area contributed by atoms with Gasteiger partial charge in [0.15, 0.2) is 0 Å². The lowest BCUT2D eigenvalue weighted by molar-refractivity contribution is -0.142. The number of hydrogen-bond donors (Lipinski definition) is 3. The van der Waals surface area contributed by atoms with E-state index in [0.717, 1.165) is 31.4 Å². The second-order valence-corrected chi connectivity index (χ2v) is 15.0. The molecule has 10 heteroatoms. The summed E-state index contributed by atoms with van der Waals surface area (Å²) in [6.07, 6.45) is 5.87. The second-order valence-electron chi connectivity index (χ2n) is 15.0. The number of piperidine rings is 1. The first-order valence-electron chi connectivity index (χ1n) is 17.4. The van der Waals surface area contributed by atoms with Gasteiger partial charge in [-0.05, 0) is 69.9 Å². The third-order valence-corrected chi connectivity index (χ3v) is 9.66. The minimum Gasteiger partial charge on any atom is -0.394 e. The van der Waals surface area contributed by atoms with Crippen LogP contribution in [0.4, 0.5) is 0 Å². The fourth-order valence-corrected chi connectivity index (χ4v) is 6.87. The first-order chi connectivity index (χ1) is 22.1. The minimum absolute atomic E-state index is 0.0216. The van der Waals surface area contributed by atoms with E-state index in [1.807, 2.05) is 71.0 Å². The van der Waals surface area contributed by atoms with E-state index in [1.165, 1.54) is 0 Å². The number of carbonyl (C=O) groups is 4. The van der Waals surface area contributed by atoms with Crippen LogP contribution >= 0.6 is 0 Å². The van der Waals surface area contributed by atoms with E-state index in [4.69, 9.17) is 0 Å². The number of likely N-dealkylation sites (N-methyl/N-ethyl adjacent to an activating group) is 1. The van der Waals surface area contributed by atoms with Crippen LogP contribution in [-0.2, 0) is 19.2 Å². The zero-order valence-corrected chi connectivity index (χ0v) is 30.1. The van der Waals surface area contributed by atoms with Crippen LogP contribution in [0.5, 0.6) is 0 Å². The van der Waals surface area contributed by atoms with E-state index < -0.39 is 29.6 Å². The summed E-state index contributed by atoms with van der Waals surface area (Å²) in [6.45, 7) is 16.9. The predicted octanol–water partition coefficient (Wildman–Crippen LogP) is 4.05. The van der Waals surface area contributed by atoms with E-state index in [0.29, 0.717) is 25.0 Å². The summed E-state index contributed by atoms with van der Waals surface area (Å²) >= 11 is 0. The Bertz CT molecular complexity index is 1260. The van der Waals surface area contributed by atoms with Crippen molar-refractivity contribution in [2.75, 3.05) is 26.7 Å². The lowest BCUT2D eigenvalue weighted by Gasteiger charge is -2.41. The van der Waals surface area contributed by atoms with Gasteiger partial charge in [-0.1, -0.05) is 77.4 Å². The summed E-state index contributed by atoms with van der Waals surface area (Å²) in [6, 6.07) is 6.86. The Labute approximate surface area is 282 Å². The summed E-state index contributed by atoms with van der Waals surface area (Å²) in [5.41, 5.74) is 0.705. The van der Waals surface area contributed by atoms with E-state index in [-0.39, 0.29) is 48.2 Å². The van der Waals surface area contributed by atoms with Gasteiger partial charge in [0.1, 0.15) is 12.1 Å². The predicted molar refractivity (Wildman–Crippen MR) is 185 cm³/mol. The van der Waals surface area contributed by atoms with Crippen molar-refractivity contribution in [2.45, 2.75) is 124 Å². The zero-order valence-electron chi connectivity index (χ0n) is 30.1. The summed E-state index contributed by atoms with van der Waals surface area (Å²) in [7, 11) is 1.73. The van der Waals surface area contributed by atoms with E-state index in [2.05, 4.69) is 29.4 Å². The van der Waals surface area contributed by atoms with E-state index in [1.54, 1.807) is 23.8 Å². The maximum Gasteiger partial charge on any atom is 0.249 e. The van der Waals surface area contributed by atoms with Crippen molar-refractivity contribution in [1.29, 1.82) is 0 Å². The maximum atomic E-state index is 14.2. The first kappa shape index (κ1) is 38.2. The number of benzene rings is 1. The highest BCUT2D eigenvalue weighted by atomic mass is 16.3. The molecule has 0 saturated carbocycles. The Kier molecular flexibility index (Phi) is 13.6. The van der Waals surface area contributed by atoms with Crippen molar-refractivity contribution >= 4 is 23.6 Å². The molecule has 2 unspecified atom stereocenters. The number of amides is 4. The molecule has 1 aromatic rings. The molecule has 5 atom stereocenters. The molecular weight excluding hydrogens is 594 g/mol. The molecule has 0 aliphatic carbocycles. The van der Waals surface area contributed by atoms with Crippen LogP contribution in [0.25, 0.3) is 0 Å². The molecule has 10 nitrogen and oxygen atoms in total. The number of rotatable bonds is 12. The van der Waals surface area contributed by atoms with Gasteiger partial charge in [-0.3, -0.25) is 24.1 Å². The van der Waals surface area contributed by atoms with Crippen LogP contribution in [0, 0.1) is 11.3 Å². The fourth-order valence-electron chi connectivity index (χ4n) is 6.87. The minimum atomic E-state index is -0.752. The lowest BCUT2D eigenvalue weighted by atomic mass is 9.84. The van der Waals surface area contributed by atoms with Crippen molar-refractivity contribution in [3.8, 4) is 0 Å². The molecule has 2 heterocycles. The topological polar surface area (TPSA) is 122 Å². The van der Waals surface area contributed by atoms with Gasteiger partial charge in [0.25, 0.3) is 0 Å². The van der Waals surface area contributed by atoms with Crippen LogP contribution in [0.15, 0.2) is 42.0 Å². The van der Waals surface area contributed by atoms with Gasteiger partial charge in [0.2, 0.25) is 23.6 Å². The van der Waals surface area contributed by atoms with Crippen LogP contribution in [0.3, 0.4) is 0 Å². The monoisotopic (exact) mass is 653 g/mol. The Morgan fingerprint density at radius 2 is 1.55 bits per heavy atom. The SMILES string of the molecule is CC(=C[C@H](C(C)C)N(C)C(=O)[C@@H](NC(=O)C1CCCCN1C(C)C)C(C)(C)C)C(=O)N1CCC[C@H]1C(=O)NC(CO)c1ccccc1. The Hall–Kier alpha value is -3.24. The zero-order chi connectivity index (χ0) is 35.1. The molecule has 47 heavy (non-hydrogen) atoms. The molecule has 262 valence electrons. The van der Waals surface area contributed by atoms with Crippen LogP contribution in [0.2, 0.25) is 0 Å². The van der Waals surface area contributed by atoms with Gasteiger partial charge < -0.3 is 25.5 Å². The normalized spacial score (nSPS) is 21.4. The molecule has 0 bridgehead atoms. The highest BCUT2D eigenvalue weighted by Crippen LogP contribution is 2.27. The quantitative estimate of drug-likeness (QED) is 0.293. The number of likely N-dealkylation sites (tertiary alicyclic amines) is 2. The number of nitrogens with one attached hydrogen (secondary N) is 2. The van der Waals surface area contributed by atoms with Gasteiger partial charge in [-0.25, -0.2) is 0 Å². The second kappa shape index (κ2) is 16.7. The summed E-state index contributed by atoms with van der Waals surface area (Å²) in [5.74, 6) is -0.885. The Morgan fingerprint density at radius 3 is 2.13 bits per heavy atom. The van der Waals surface area contributed by atoms with Crippen molar-refractivity contribution in [3.05, 3.63) is 47.5 Å². The van der Waals surface area contributed by atoms with Crippen molar-refractivity contribution < 1.29 is 24.3 Å². The number of nitrogens with zero attached hydrogens (tertiary/aromatic N) is 3. The van der Waals surface area contributed by atoms with Gasteiger partial charge in [0.05, 0.1) is 24.7 Å². The summed E-state index contributed by atoms with van der Waals surface area (Å²) in [4.78, 5) is 60.4. The number of aliphatic hydroxyl groups excluding tert-OH is 1. The van der Waals surface area contributed by atoms with E-state index in [9.17, 15) is 24.3 Å². The smallest absolute Gasteiger partial charge is 0.249 e. The highest BCUT2D eigenvalue weighted by Gasteiger charge is 2.40. The molecule has 2 fully saturated rings. The van der Waals surface area contributed by atoms with Gasteiger partial charge in [-0.2, -0.15) is 0 Å². The van der Waals surface area contributed by atoms with E-state index >= 15 is 0 Å². The molecule has 3 rings (SSSR count). The average molecular weight is 654 g/mol. The first-order valence-corrected chi connectivity index (χ1v) is 17.4. The lowest BCUT2D eigenvalue weighted by Crippen LogP contribution is -2.60. The Balaban J connectivity index is 1.77. The van der Waals surface area contributed by atoms with Crippen LogP contribution < -0.4 is 10.6 Å². The largest absolute Gasteiger partial charge is 0.394 e. The number of aliphatic hydroxyl groups is 1. The molecule has 0 spiro atoms. The number of hydrogen-bond acceptors (Lipinski definition) is 6. The van der Waals surface area contributed by atoms with Gasteiger partial charge >= 0.3 is 0 Å². The van der Waals surface area contributed by atoms with Crippen LogP contribution in [0.1, 0.15) is 99.1 Å². The fraction of sp³-hybridized carbons (Fsp3) is 0.676. The molecule has 0 aromatic heterocycles. The standard InChI is InChI=1S/C37H59N5O5/c1-24(2)31(40(9)36(47)32(37(6,7)8)39-34(45)29-18-13-14-20-41(29)25(3)4)22-26(5)35(46)42-21-15-19-30(42)33(44)38-28(23-43)27-16-11-10-12-17-27/h10-12,16-17,22,24-25,28-32,43H,13-15,18-21,23H2,1-9H3,(H,38,44)(H,39,45)/t28?,29?,30-,31+,32+/m0/s1. The summed E-state index contributed by atoms with van der Waals surface area (Å²) in [5, 5.41) is 16.0. The average Bonchev–Trinajstić information content (AvgIpc) is 3.53. The molecule has 2 aliphatic rings. The van der Waals surface area contributed by atoms with Crippen molar-refractivity contribution in [2.24, 2.45) is 11.3 Å². The maximum absolute atomic E-state index is 14.2. The third kappa shape index (κ3) is 9.66. The van der Waals surface area contributed by atoms with Crippen molar-refractivity contribution in [3.63, 3.8) is 0 Å². The molecule has 3 N–H and O–H groups in total.